The minimum absolute atomic E-state index is 0.179. The number of amides is 1. The third-order valence-electron chi connectivity index (χ3n) is 2.07. The van der Waals surface area contributed by atoms with Crippen LogP contribution in [0.4, 0.5) is 5.69 Å². The van der Waals surface area contributed by atoms with Gasteiger partial charge in [-0.05, 0) is 37.6 Å². The van der Waals surface area contributed by atoms with Crippen LogP contribution in [-0.2, 0) is 11.2 Å². The lowest BCUT2D eigenvalue weighted by Gasteiger charge is -2.08. The molecule has 0 spiro atoms. The van der Waals surface area contributed by atoms with E-state index in [2.05, 4.69) is 5.32 Å². The molecular formula is C11H17N3O. The number of hydrogen-bond acceptors (Lipinski definition) is 3. The van der Waals surface area contributed by atoms with Crippen molar-refractivity contribution in [1.29, 1.82) is 0 Å². The molecule has 0 saturated carbocycles. The highest BCUT2D eigenvalue weighted by Gasteiger charge is 2.06. The fraction of sp³-hybridized carbons (Fsp3) is 0.364. The molecule has 0 aliphatic heterocycles. The monoisotopic (exact) mass is 207 g/mol. The molecule has 82 valence electrons. The molecule has 4 nitrogen and oxygen atoms in total. The van der Waals surface area contributed by atoms with Crippen LogP contribution in [0.2, 0.25) is 0 Å². The van der Waals surface area contributed by atoms with E-state index in [-0.39, 0.29) is 5.91 Å². The highest BCUT2D eigenvalue weighted by molar-refractivity contribution is 5.94. The maximum Gasteiger partial charge on any atom is 0.240 e. The van der Waals surface area contributed by atoms with Crippen LogP contribution < -0.4 is 16.8 Å². The molecule has 1 atom stereocenters. The summed E-state index contributed by atoms with van der Waals surface area (Å²) in [6.07, 6.45) is 0.849. The Balaban J connectivity index is 2.60. The number of benzene rings is 1. The van der Waals surface area contributed by atoms with E-state index in [0.29, 0.717) is 6.54 Å². The average Bonchev–Trinajstić information content (AvgIpc) is 2.21. The second-order valence-corrected chi connectivity index (χ2v) is 3.51. The Bertz CT molecular complexity index is 319. The van der Waals surface area contributed by atoms with Gasteiger partial charge in [0.25, 0.3) is 0 Å². The molecule has 0 fully saturated rings. The van der Waals surface area contributed by atoms with Gasteiger partial charge in [0.05, 0.1) is 6.04 Å². The van der Waals surface area contributed by atoms with E-state index in [1.54, 1.807) is 6.92 Å². The van der Waals surface area contributed by atoms with E-state index in [0.717, 1.165) is 17.7 Å². The van der Waals surface area contributed by atoms with Crippen LogP contribution in [0, 0.1) is 0 Å². The normalized spacial score (nSPS) is 12.2. The van der Waals surface area contributed by atoms with Crippen molar-refractivity contribution in [1.82, 2.24) is 0 Å². The SMILES string of the molecule is CC(N)C(=O)Nc1ccc(CCN)cc1. The zero-order valence-corrected chi connectivity index (χ0v) is 8.86. The maximum absolute atomic E-state index is 11.3. The summed E-state index contributed by atoms with van der Waals surface area (Å²) in [6, 6.07) is 7.11. The van der Waals surface area contributed by atoms with Crippen LogP contribution in [0.1, 0.15) is 12.5 Å². The molecule has 0 saturated heterocycles. The molecule has 0 bridgehead atoms. The Morgan fingerprint density at radius 2 is 2.00 bits per heavy atom. The first-order valence-corrected chi connectivity index (χ1v) is 4.99. The first-order chi connectivity index (χ1) is 7.13. The number of nitrogens with one attached hydrogen (secondary N) is 1. The van der Waals surface area contributed by atoms with Crippen molar-refractivity contribution in [2.45, 2.75) is 19.4 Å². The molecule has 1 aromatic carbocycles. The summed E-state index contributed by atoms with van der Waals surface area (Å²) in [5, 5.41) is 2.72. The van der Waals surface area contributed by atoms with Crippen LogP contribution in [-0.4, -0.2) is 18.5 Å². The van der Waals surface area contributed by atoms with Gasteiger partial charge in [0.1, 0.15) is 0 Å². The smallest absolute Gasteiger partial charge is 0.240 e. The average molecular weight is 207 g/mol. The van der Waals surface area contributed by atoms with E-state index in [9.17, 15) is 4.79 Å². The van der Waals surface area contributed by atoms with Gasteiger partial charge >= 0.3 is 0 Å². The molecule has 1 unspecified atom stereocenters. The molecule has 1 rings (SSSR count). The Morgan fingerprint density at radius 1 is 1.40 bits per heavy atom. The summed E-state index contributed by atoms with van der Waals surface area (Å²) in [4.78, 5) is 11.3. The zero-order valence-electron chi connectivity index (χ0n) is 8.86. The number of hydrogen-bond donors (Lipinski definition) is 3. The van der Waals surface area contributed by atoms with Crippen LogP contribution in [0.3, 0.4) is 0 Å². The van der Waals surface area contributed by atoms with Gasteiger partial charge in [0, 0.05) is 5.69 Å². The quantitative estimate of drug-likeness (QED) is 0.671. The minimum atomic E-state index is -0.492. The van der Waals surface area contributed by atoms with Gasteiger partial charge in [-0.2, -0.15) is 0 Å². The first-order valence-electron chi connectivity index (χ1n) is 4.99. The van der Waals surface area contributed by atoms with Crippen molar-refractivity contribution in [2.24, 2.45) is 11.5 Å². The minimum Gasteiger partial charge on any atom is -0.330 e. The number of rotatable bonds is 4. The molecule has 5 N–H and O–H groups in total. The molecule has 0 heterocycles. The summed E-state index contributed by atoms with van der Waals surface area (Å²) < 4.78 is 0. The third-order valence-corrected chi connectivity index (χ3v) is 2.07. The summed E-state index contributed by atoms with van der Waals surface area (Å²) in [6.45, 7) is 2.28. The van der Waals surface area contributed by atoms with E-state index >= 15 is 0 Å². The summed E-state index contributed by atoms with van der Waals surface area (Å²) >= 11 is 0. The molecule has 0 aromatic heterocycles. The van der Waals surface area contributed by atoms with E-state index in [1.165, 1.54) is 0 Å². The topological polar surface area (TPSA) is 81.1 Å². The Morgan fingerprint density at radius 3 is 2.47 bits per heavy atom. The van der Waals surface area contributed by atoms with Crippen molar-refractivity contribution < 1.29 is 4.79 Å². The number of carbonyl (C=O) groups is 1. The molecule has 1 amide bonds. The highest BCUT2D eigenvalue weighted by atomic mass is 16.2. The number of nitrogens with two attached hydrogens (primary N) is 2. The van der Waals surface area contributed by atoms with Crippen LogP contribution in [0.15, 0.2) is 24.3 Å². The molecule has 1 aromatic rings. The lowest BCUT2D eigenvalue weighted by molar-refractivity contribution is -0.117. The third kappa shape index (κ3) is 3.69. The number of carbonyl (C=O) groups excluding carboxylic acids is 1. The standard InChI is InChI=1S/C11H17N3O/c1-8(13)11(15)14-10-4-2-9(3-5-10)6-7-12/h2-5,8H,6-7,12-13H2,1H3,(H,14,15). The first kappa shape index (κ1) is 11.7. The lowest BCUT2D eigenvalue weighted by Crippen LogP contribution is -2.32. The molecule has 4 heteroatoms. The Hall–Kier alpha value is -1.39. The van der Waals surface area contributed by atoms with Crippen LogP contribution in [0.25, 0.3) is 0 Å². The van der Waals surface area contributed by atoms with Crippen LogP contribution >= 0.6 is 0 Å². The van der Waals surface area contributed by atoms with Gasteiger partial charge < -0.3 is 16.8 Å². The maximum atomic E-state index is 11.3. The summed E-state index contributed by atoms with van der Waals surface area (Å²) in [7, 11) is 0. The fourth-order valence-corrected chi connectivity index (χ4v) is 1.18. The van der Waals surface area contributed by atoms with Gasteiger partial charge in [-0.15, -0.1) is 0 Å². The molecule has 0 aliphatic rings. The van der Waals surface area contributed by atoms with Crippen LogP contribution in [0.5, 0.6) is 0 Å². The second kappa shape index (κ2) is 5.48. The van der Waals surface area contributed by atoms with Crippen molar-refractivity contribution in [3.63, 3.8) is 0 Å². The van der Waals surface area contributed by atoms with Crippen molar-refractivity contribution in [3.05, 3.63) is 29.8 Å². The van der Waals surface area contributed by atoms with Gasteiger partial charge in [0.15, 0.2) is 0 Å². The molecule has 0 radical (unpaired) electrons. The largest absolute Gasteiger partial charge is 0.330 e. The zero-order chi connectivity index (χ0) is 11.3. The Labute approximate surface area is 89.6 Å². The molecule has 15 heavy (non-hydrogen) atoms. The summed E-state index contributed by atoms with van der Waals surface area (Å²) in [5.41, 5.74) is 12.8. The highest BCUT2D eigenvalue weighted by Crippen LogP contribution is 2.09. The van der Waals surface area contributed by atoms with E-state index < -0.39 is 6.04 Å². The Kier molecular flexibility index (Phi) is 4.27. The van der Waals surface area contributed by atoms with Gasteiger partial charge in [-0.25, -0.2) is 0 Å². The predicted octanol–water partition coefficient (Wildman–Crippen LogP) is 0.473. The molecular weight excluding hydrogens is 190 g/mol. The van der Waals surface area contributed by atoms with Gasteiger partial charge in [-0.3, -0.25) is 4.79 Å². The lowest BCUT2D eigenvalue weighted by atomic mass is 10.1. The van der Waals surface area contributed by atoms with Gasteiger partial charge in [-0.1, -0.05) is 12.1 Å². The summed E-state index contributed by atoms with van der Waals surface area (Å²) in [5.74, 6) is -0.179. The predicted molar refractivity (Wildman–Crippen MR) is 61.5 cm³/mol. The molecule has 0 aliphatic carbocycles. The second-order valence-electron chi connectivity index (χ2n) is 3.51. The van der Waals surface area contributed by atoms with E-state index in [1.807, 2.05) is 24.3 Å². The van der Waals surface area contributed by atoms with Crippen molar-refractivity contribution in [3.8, 4) is 0 Å². The van der Waals surface area contributed by atoms with Crippen molar-refractivity contribution >= 4 is 11.6 Å². The van der Waals surface area contributed by atoms with Gasteiger partial charge in [0.2, 0.25) is 5.91 Å². The fourth-order valence-electron chi connectivity index (χ4n) is 1.18. The van der Waals surface area contributed by atoms with Crippen molar-refractivity contribution in [2.75, 3.05) is 11.9 Å². The van der Waals surface area contributed by atoms with E-state index in [4.69, 9.17) is 11.5 Å². The number of anilines is 1.